The Hall–Kier alpha value is -3.07. The molecular formula is C30H35Cl2N3O4S. The summed E-state index contributed by atoms with van der Waals surface area (Å²) in [5, 5.41) is 3.68. The summed E-state index contributed by atoms with van der Waals surface area (Å²) in [5.74, 6) is -0.853. The first-order valence-electron chi connectivity index (χ1n) is 13.0. The lowest BCUT2D eigenvalue weighted by Crippen LogP contribution is -2.54. The quantitative estimate of drug-likeness (QED) is 0.291. The topological polar surface area (TPSA) is 86.8 Å². The smallest absolute Gasteiger partial charge is 0.244 e. The van der Waals surface area contributed by atoms with Crippen LogP contribution in [-0.4, -0.2) is 50.0 Å². The second kappa shape index (κ2) is 14.0. The van der Waals surface area contributed by atoms with Gasteiger partial charge in [-0.15, -0.1) is 0 Å². The number of hydrogen-bond acceptors (Lipinski definition) is 4. The molecule has 214 valence electrons. The largest absolute Gasteiger partial charge is 0.352 e. The summed E-state index contributed by atoms with van der Waals surface area (Å²) in [4.78, 5) is 29.2. The zero-order valence-electron chi connectivity index (χ0n) is 23.1. The van der Waals surface area contributed by atoms with Crippen LogP contribution < -0.4 is 9.62 Å². The van der Waals surface area contributed by atoms with E-state index in [9.17, 15) is 18.0 Å². The van der Waals surface area contributed by atoms with Crippen molar-refractivity contribution in [3.8, 4) is 0 Å². The first-order valence-corrected chi connectivity index (χ1v) is 15.6. The lowest BCUT2D eigenvalue weighted by atomic mass is 10.0. The predicted molar refractivity (Wildman–Crippen MR) is 162 cm³/mol. The third-order valence-corrected chi connectivity index (χ3v) is 8.54. The molecule has 0 radical (unpaired) electrons. The van der Waals surface area contributed by atoms with Crippen LogP contribution in [0.1, 0.15) is 37.0 Å². The van der Waals surface area contributed by atoms with Gasteiger partial charge in [0.15, 0.2) is 0 Å². The SMILES string of the molecule is CC[C@@H](C)NC(=O)[C@@H](Cc1ccccc1)N(Cc1ccc(Cl)c(Cl)c1)C(=O)CN(c1ccccc1C)S(C)(=O)=O. The summed E-state index contributed by atoms with van der Waals surface area (Å²) >= 11 is 12.4. The van der Waals surface area contributed by atoms with Gasteiger partial charge in [-0.2, -0.15) is 0 Å². The molecule has 0 aromatic heterocycles. The predicted octanol–water partition coefficient (Wildman–Crippen LogP) is 5.62. The molecule has 7 nitrogen and oxygen atoms in total. The number of para-hydroxylation sites is 1. The number of aryl methyl sites for hydroxylation is 1. The summed E-state index contributed by atoms with van der Waals surface area (Å²) in [6.45, 7) is 5.18. The van der Waals surface area contributed by atoms with Crippen molar-refractivity contribution >= 4 is 50.7 Å². The van der Waals surface area contributed by atoms with Gasteiger partial charge in [0.05, 0.1) is 22.0 Å². The number of halogens is 2. The Balaban J connectivity index is 2.09. The van der Waals surface area contributed by atoms with Crippen LogP contribution in [0.5, 0.6) is 0 Å². The van der Waals surface area contributed by atoms with Gasteiger partial charge in [0.25, 0.3) is 0 Å². The molecular weight excluding hydrogens is 569 g/mol. The molecule has 2 atom stereocenters. The summed E-state index contributed by atoms with van der Waals surface area (Å²) in [6, 6.07) is 20.3. The molecule has 0 saturated carbocycles. The monoisotopic (exact) mass is 603 g/mol. The van der Waals surface area contributed by atoms with Crippen LogP contribution in [0.3, 0.4) is 0 Å². The van der Waals surface area contributed by atoms with Gasteiger partial charge in [-0.3, -0.25) is 13.9 Å². The van der Waals surface area contributed by atoms with Crippen molar-refractivity contribution in [3.63, 3.8) is 0 Å². The zero-order chi connectivity index (χ0) is 29.4. The van der Waals surface area contributed by atoms with E-state index < -0.39 is 28.5 Å². The van der Waals surface area contributed by atoms with Crippen LogP contribution in [0.2, 0.25) is 10.0 Å². The van der Waals surface area contributed by atoms with E-state index in [4.69, 9.17) is 23.2 Å². The Morgan fingerprint density at radius 3 is 2.17 bits per heavy atom. The second-order valence-corrected chi connectivity index (χ2v) is 12.6. The van der Waals surface area contributed by atoms with Crippen LogP contribution in [0, 0.1) is 6.92 Å². The second-order valence-electron chi connectivity index (χ2n) is 9.85. The fourth-order valence-electron chi connectivity index (χ4n) is 4.27. The molecule has 0 aliphatic rings. The zero-order valence-corrected chi connectivity index (χ0v) is 25.4. The number of nitrogens with zero attached hydrogens (tertiary/aromatic N) is 2. The van der Waals surface area contributed by atoms with E-state index in [0.29, 0.717) is 33.3 Å². The molecule has 3 rings (SSSR count). The molecule has 2 amide bonds. The normalized spacial score (nSPS) is 12.8. The number of amides is 2. The van der Waals surface area contributed by atoms with Gasteiger partial charge in [-0.25, -0.2) is 8.42 Å². The van der Waals surface area contributed by atoms with E-state index >= 15 is 0 Å². The van der Waals surface area contributed by atoms with Gasteiger partial charge in [0, 0.05) is 19.0 Å². The minimum absolute atomic E-state index is 0.0204. The number of carbonyl (C=O) groups is 2. The van der Waals surface area contributed by atoms with Crippen molar-refractivity contribution in [3.05, 3.63) is 99.5 Å². The van der Waals surface area contributed by atoms with Gasteiger partial charge < -0.3 is 10.2 Å². The first-order chi connectivity index (χ1) is 18.9. The highest BCUT2D eigenvalue weighted by atomic mass is 35.5. The summed E-state index contributed by atoms with van der Waals surface area (Å²) in [5.41, 5.74) is 2.61. The van der Waals surface area contributed by atoms with Gasteiger partial charge in [0.2, 0.25) is 21.8 Å². The maximum absolute atomic E-state index is 14.1. The Kier molecular flexibility index (Phi) is 11.0. The fourth-order valence-corrected chi connectivity index (χ4v) is 5.50. The molecule has 40 heavy (non-hydrogen) atoms. The number of anilines is 1. The standard InChI is InChI=1S/C30H35Cl2N3O4S/c1-5-22(3)33-30(37)28(18-23-12-7-6-8-13-23)34(19-24-15-16-25(31)26(32)17-24)29(36)20-35(40(4,38)39)27-14-10-9-11-21(27)2/h6-17,22,28H,5,18-20H2,1-4H3,(H,33,37)/t22-,28-/m1/s1. The lowest BCUT2D eigenvalue weighted by Gasteiger charge is -2.34. The number of carbonyl (C=O) groups excluding carboxylic acids is 2. The van der Waals surface area contributed by atoms with Gasteiger partial charge in [-0.05, 0) is 55.2 Å². The maximum Gasteiger partial charge on any atom is 0.244 e. The first kappa shape index (κ1) is 31.5. The molecule has 3 aromatic carbocycles. The molecule has 10 heteroatoms. The lowest BCUT2D eigenvalue weighted by molar-refractivity contribution is -0.140. The molecule has 0 aliphatic carbocycles. The fraction of sp³-hybridized carbons (Fsp3) is 0.333. The van der Waals surface area contributed by atoms with Crippen LogP contribution in [0.4, 0.5) is 5.69 Å². The molecule has 0 spiro atoms. The molecule has 1 N–H and O–H groups in total. The molecule has 0 unspecified atom stereocenters. The van der Waals surface area contributed by atoms with Crippen molar-refractivity contribution in [2.75, 3.05) is 17.1 Å². The highest BCUT2D eigenvalue weighted by molar-refractivity contribution is 7.92. The summed E-state index contributed by atoms with van der Waals surface area (Å²) in [6.07, 6.45) is 2.01. The van der Waals surface area contributed by atoms with E-state index in [1.54, 1.807) is 49.4 Å². The number of nitrogens with one attached hydrogen (secondary N) is 1. The Labute approximate surface area is 247 Å². The van der Waals surface area contributed by atoms with Gasteiger partial charge in [-0.1, -0.05) is 84.7 Å². The average Bonchev–Trinajstić information content (AvgIpc) is 2.91. The summed E-state index contributed by atoms with van der Waals surface area (Å²) in [7, 11) is -3.84. The molecule has 0 saturated heterocycles. The molecule has 0 heterocycles. The number of benzene rings is 3. The van der Waals surface area contributed by atoms with Crippen LogP contribution in [0.25, 0.3) is 0 Å². The Morgan fingerprint density at radius 2 is 1.57 bits per heavy atom. The van der Waals surface area contributed by atoms with E-state index in [1.807, 2.05) is 44.2 Å². The van der Waals surface area contributed by atoms with Gasteiger partial charge in [0.1, 0.15) is 12.6 Å². The summed E-state index contributed by atoms with van der Waals surface area (Å²) < 4.78 is 26.9. The average molecular weight is 605 g/mol. The van der Waals surface area contributed by atoms with E-state index in [-0.39, 0.29) is 24.9 Å². The van der Waals surface area contributed by atoms with Crippen molar-refractivity contribution in [1.82, 2.24) is 10.2 Å². The third kappa shape index (κ3) is 8.46. The van der Waals surface area contributed by atoms with E-state index in [0.717, 1.165) is 16.1 Å². The van der Waals surface area contributed by atoms with Crippen LogP contribution in [0.15, 0.2) is 72.8 Å². The number of rotatable bonds is 12. The van der Waals surface area contributed by atoms with E-state index in [1.165, 1.54) is 4.90 Å². The number of hydrogen-bond donors (Lipinski definition) is 1. The number of sulfonamides is 1. The van der Waals surface area contributed by atoms with Gasteiger partial charge >= 0.3 is 0 Å². The molecule has 0 fully saturated rings. The van der Waals surface area contributed by atoms with E-state index in [2.05, 4.69) is 5.32 Å². The van der Waals surface area contributed by atoms with Crippen molar-refractivity contribution in [2.45, 2.75) is 52.2 Å². The van der Waals surface area contributed by atoms with Crippen molar-refractivity contribution in [2.24, 2.45) is 0 Å². The van der Waals surface area contributed by atoms with Crippen molar-refractivity contribution < 1.29 is 18.0 Å². The molecule has 0 aliphatic heterocycles. The minimum atomic E-state index is -3.84. The third-order valence-electron chi connectivity index (χ3n) is 6.67. The molecule has 3 aromatic rings. The Bertz CT molecular complexity index is 1430. The molecule has 0 bridgehead atoms. The van der Waals surface area contributed by atoms with Crippen LogP contribution >= 0.6 is 23.2 Å². The minimum Gasteiger partial charge on any atom is -0.352 e. The van der Waals surface area contributed by atoms with Crippen LogP contribution in [-0.2, 0) is 32.6 Å². The highest BCUT2D eigenvalue weighted by Gasteiger charge is 2.33. The van der Waals surface area contributed by atoms with Crippen molar-refractivity contribution in [1.29, 1.82) is 0 Å². The highest BCUT2D eigenvalue weighted by Crippen LogP contribution is 2.26. The maximum atomic E-state index is 14.1. The Morgan fingerprint density at radius 1 is 0.925 bits per heavy atom.